The largest absolute Gasteiger partial charge is 0.490 e. The van der Waals surface area contributed by atoms with Crippen LogP contribution in [0.3, 0.4) is 0 Å². The van der Waals surface area contributed by atoms with Crippen molar-refractivity contribution in [3.63, 3.8) is 0 Å². The Morgan fingerprint density at radius 2 is 2.20 bits per heavy atom. The molecule has 0 bridgehead atoms. The van der Waals surface area contributed by atoms with Gasteiger partial charge in [0.25, 0.3) is 5.91 Å². The van der Waals surface area contributed by atoms with Gasteiger partial charge in [0.2, 0.25) is 11.2 Å². The first-order chi connectivity index (χ1) is 14.5. The van der Waals surface area contributed by atoms with Crippen molar-refractivity contribution in [2.24, 2.45) is 7.05 Å². The summed E-state index contributed by atoms with van der Waals surface area (Å²) in [5, 5.41) is 16.5. The van der Waals surface area contributed by atoms with E-state index in [9.17, 15) is 9.59 Å². The number of hydrogen-bond acceptors (Lipinski definition) is 8. The second-order valence-corrected chi connectivity index (χ2v) is 7.35. The Kier molecular flexibility index (Phi) is 5.34. The molecule has 3 aromatic rings. The molecule has 1 unspecified atom stereocenters. The molecule has 1 fully saturated rings. The predicted molar refractivity (Wildman–Crippen MR) is 104 cm³/mol. The smallest absolute Gasteiger partial charge is 0.289 e. The van der Waals surface area contributed by atoms with Crippen molar-refractivity contribution in [1.29, 1.82) is 0 Å². The van der Waals surface area contributed by atoms with Gasteiger partial charge in [-0.1, -0.05) is 10.4 Å². The number of amides is 1. The van der Waals surface area contributed by atoms with Crippen molar-refractivity contribution in [2.45, 2.75) is 31.7 Å². The molecule has 158 valence electrons. The molecular weight excluding hydrogens is 390 g/mol. The van der Waals surface area contributed by atoms with E-state index in [2.05, 4.69) is 20.6 Å². The second-order valence-electron chi connectivity index (χ2n) is 7.35. The molecule has 3 aromatic heterocycles. The molecular formula is C19H23N7O4. The van der Waals surface area contributed by atoms with Crippen molar-refractivity contribution in [1.82, 2.24) is 34.9 Å². The average Bonchev–Trinajstić information content (AvgIpc) is 3.42. The number of nitrogens with zero attached hydrogens (tertiary/aromatic N) is 7. The molecule has 2 atom stereocenters. The van der Waals surface area contributed by atoms with Gasteiger partial charge >= 0.3 is 0 Å². The first-order valence-corrected chi connectivity index (χ1v) is 9.70. The molecule has 0 aliphatic carbocycles. The third-order valence-corrected chi connectivity index (χ3v) is 5.46. The number of hydrogen-bond donors (Lipinski definition) is 0. The van der Waals surface area contributed by atoms with E-state index in [-0.39, 0.29) is 34.8 Å². The van der Waals surface area contributed by atoms with Gasteiger partial charge in [-0.3, -0.25) is 14.3 Å². The van der Waals surface area contributed by atoms with Crippen LogP contribution in [0.5, 0.6) is 5.75 Å². The maximum Gasteiger partial charge on any atom is 0.289 e. The van der Waals surface area contributed by atoms with Crippen LogP contribution in [-0.4, -0.2) is 61.0 Å². The van der Waals surface area contributed by atoms with E-state index in [0.29, 0.717) is 13.1 Å². The van der Waals surface area contributed by atoms with Gasteiger partial charge in [0, 0.05) is 38.3 Å². The highest BCUT2D eigenvalue weighted by molar-refractivity contribution is 5.91. The van der Waals surface area contributed by atoms with Gasteiger partial charge in [-0.25, -0.2) is 4.68 Å². The SMILES string of the molecule is COc1coc(C(=O)N2CCCC(c3cn([C@H](C)c4cnnn4C)nn3)C2)cc1=O. The zero-order chi connectivity index (χ0) is 21.3. The number of ether oxygens (including phenoxy) is 1. The number of piperidine rings is 1. The number of aryl methyl sites for hydroxylation is 1. The molecule has 1 aliphatic heterocycles. The number of carbonyl (C=O) groups is 1. The standard InChI is InChI=1S/C19H23N7O4/c1-12(15-8-20-22-24(15)2)26-10-14(21-23-26)13-5-4-6-25(9-13)19(28)17-7-16(27)18(29-3)11-30-17/h7-8,10-13H,4-6,9H2,1-3H3/t12-,13?/m1/s1. The molecule has 30 heavy (non-hydrogen) atoms. The van der Waals surface area contributed by atoms with Crippen molar-refractivity contribution in [3.05, 3.63) is 52.1 Å². The monoisotopic (exact) mass is 413 g/mol. The number of rotatable bonds is 5. The Morgan fingerprint density at radius 1 is 1.37 bits per heavy atom. The third-order valence-electron chi connectivity index (χ3n) is 5.46. The molecule has 1 saturated heterocycles. The summed E-state index contributed by atoms with van der Waals surface area (Å²) in [6.45, 7) is 3.07. The van der Waals surface area contributed by atoms with Crippen LogP contribution in [0, 0.1) is 0 Å². The molecule has 0 N–H and O–H groups in total. The first kappa shape index (κ1) is 19.8. The maximum absolute atomic E-state index is 12.8. The lowest BCUT2D eigenvalue weighted by Crippen LogP contribution is -2.39. The highest BCUT2D eigenvalue weighted by atomic mass is 16.5. The van der Waals surface area contributed by atoms with E-state index in [0.717, 1.165) is 30.5 Å². The number of carbonyl (C=O) groups excluding carboxylic acids is 1. The average molecular weight is 413 g/mol. The summed E-state index contributed by atoms with van der Waals surface area (Å²) in [5.74, 6) is -0.195. The van der Waals surface area contributed by atoms with E-state index < -0.39 is 0 Å². The third kappa shape index (κ3) is 3.70. The van der Waals surface area contributed by atoms with Crippen molar-refractivity contribution in [3.8, 4) is 5.75 Å². The summed E-state index contributed by atoms with van der Waals surface area (Å²) in [6, 6.07) is 1.10. The molecule has 4 heterocycles. The van der Waals surface area contributed by atoms with Crippen LogP contribution in [0.4, 0.5) is 0 Å². The zero-order valence-electron chi connectivity index (χ0n) is 17.1. The van der Waals surface area contributed by atoms with E-state index in [4.69, 9.17) is 9.15 Å². The van der Waals surface area contributed by atoms with E-state index in [1.165, 1.54) is 13.2 Å². The lowest BCUT2D eigenvalue weighted by molar-refractivity contribution is 0.0670. The summed E-state index contributed by atoms with van der Waals surface area (Å²) in [6.07, 6.45) is 6.50. The quantitative estimate of drug-likeness (QED) is 0.607. The zero-order valence-corrected chi connectivity index (χ0v) is 17.1. The van der Waals surface area contributed by atoms with Crippen LogP contribution in [0.15, 0.2) is 33.9 Å². The van der Waals surface area contributed by atoms with Crippen LogP contribution in [0.25, 0.3) is 0 Å². The van der Waals surface area contributed by atoms with Crippen LogP contribution in [0.1, 0.15) is 53.7 Å². The van der Waals surface area contributed by atoms with Crippen LogP contribution >= 0.6 is 0 Å². The summed E-state index contributed by atoms with van der Waals surface area (Å²) >= 11 is 0. The fraction of sp³-hybridized carbons (Fsp3) is 0.474. The van der Waals surface area contributed by atoms with Gasteiger partial charge in [-0.2, -0.15) is 0 Å². The van der Waals surface area contributed by atoms with Gasteiger partial charge in [-0.05, 0) is 19.8 Å². The van der Waals surface area contributed by atoms with Crippen LogP contribution in [0.2, 0.25) is 0 Å². The Hall–Kier alpha value is -3.50. The highest BCUT2D eigenvalue weighted by Gasteiger charge is 2.29. The normalized spacial score (nSPS) is 17.7. The molecule has 4 rings (SSSR count). The van der Waals surface area contributed by atoms with Crippen molar-refractivity contribution < 1.29 is 13.9 Å². The molecule has 0 aromatic carbocycles. The summed E-state index contributed by atoms with van der Waals surface area (Å²) in [5.41, 5.74) is 1.36. The fourth-order valence-corrected chi connectivity index (χ4v) is 3.70. The Morgan fingerprint density at radius 3 is 2.90 bits per heavy atom. The minimum Gasteiger partial charge on any atom is -0.490 e. The fourth-order valence-electron chi connectivity index (χ4n) is 3.70. The lowest BCUT2D eigenvalue weighted by atomic mass is 9.95. The number of likely N-dealkylation sites (tertiary alicyclic amines) is 1. The molecule has 1 amide bonds. The number of aromatic nitrogens is 6. The van der Waals surface area contributed by atoms with Gasteiger partial charge in [0.05, 0.1) is 30.7 Å². The van der Waals surface area contributed by atoms with Crippen LogP contribution in [-0.2, 0) is 7.05 Å². The molecule has 1 aliphatic rings. The first-order valence-electron chi connectivity index (χ1n) is 9.70. The molecule has 0 spiro atoms. The highest BCUT2D eigenvalue weighted by Crippen LogP contribution is 2.27. The minimum absolute atomic E-state index is 0.00225. The van der Waals surface area contributed by atoms with Gasteiger partial charge in [0.15, 0.2) is 5.76 Å². The van der Waals surface area contributed by atoms with Crippen LogP contribution < -0.4 is 10.2 Å². The molecule has 0 saturated carbocycles. The second kappa shape index (κ2) is 8.09. The van der Waals surface area contributed by atoms with Gasteiger partial charge in [0.1, 0.15) is 6.26 Å². The van der Waals surface area contributed by atoms with Gasteiger partial charge in [-0.15, -0.1) is 10.2 Å². The molecule has 11 nitrogen and oxygen atoms in total. The molecule has 0 radical (unpaired) electrons. The van der Waals surface area contributed by atoms with E-state index in [1.807, 2.05) is 20.2 Å². The van der Waals surface area contributed by atoms with Gasteiger partial charge < -0.3 is 14.1 Å². The number of methoxy groups -OCH3 is 1. The summed E-state index contributed by atoms with van der Waals surface area (Å²) < 4.78 is 13.7. The maximum atomic E-state index is 12.8. The van der Waals surface area contributed by atoms with Crippen molar-refractivity contribution in [2.75, 3.05) is 20.2 Å². The lowest BCUT2D eigenvalue weighted by Gasteiger charge is -2.31. The Balaban J connectivity index is 1.48. The van der Waals surface area contributed by atoms with Crippen molar-refractivity contribution >= 4 is 5.91 Å². The summed E-state index contributed by atoms with van der Waals surface area (Å²) in [4.78, 5) is 26.5. The van der Waals surface area contributed by atoms with E-state index >= 15 is 0 Å². The Labute approximate surface area is 172 Å². The van der Waals surface area contributed by atoms with E-state index in [1.54, 1.807) is 20.5 Å². The topological polar surface area (TPSA) is 121 Å². The summed E-state index contributed by atoms with van der Waals surface area (Å²) in [7, 11) is 3.21. The predicted octanol–water partition coefficient (Wildman–Crippen LogP) is 0.998. The molecule has 11 heteroatoms. The minimum atomic E-state index is -0.387. The Bertz CT molecular complexity index is 1100.